The highest BCUT2D eigenvalue weighted by Crippen LogP contribution is 2.36. The van der Waals surface area contributed by atoms with Gasteiger partial charge < -0.3 is 4.74 Å². The summed E-state index contributed by atoms with van der Waals surface area (Å²) in [5, 5.41) is 4.95. The molecule has 0 saturated heterocycles. The van der Waals surface area contributed by atoms with Gasteiger partial charge in [-0.1, -0.05) is 59.6 Å². The number of benzene rings is 3. The monoisotopic (exact) mass is 484 g/mol. The van der Waals surface area contributed by atoms with E-state index in [2.05, 4.69) is 9.93 Å². The standard InChI is InChI=1S/C23H17ClN2O4S2/c1-15-10-12-17(13-11-15)32(28,29)26-25-14-16-6-2-4-8-19(16)30-23(27)22-21(24)18-7-3-5-9-20(18)31-22/h2-14,26H,1H3/b25-14-. The smallest absolute Gasteiger partial charge is 0.355 e. The van der Waals surface area contributed by atoms with E-state index in [1.165, 1.54) is 29.7 Å². The zero-order valence-corrected chi connectivity index (χ0v) is 19.2. The van der Waals surface area contributed by atoms with Crippen LogP contribution in [0.5, 0.6) is 5.75 Å². The number of rotatable bonds is 6. The second kappa shape index (κ2) is 9.12. The van der Waals surface area contributed by atoms with E-state index in [-0.39, 0.29) is 10.6 Å². The fourth-order valence-corrected chi connectivity index (χ4v) is 5.08. The maximum atomic E-state index is 12.8. The minimum atomic E-state index is -3.82. The molecule has 0 unspecified atom stereocenters. The molecule has 0 aliphatic rings. The molecule has 0 spiro atoms. The summed E-state index contributed by atoms with van der Waals surface area (Å²) in [4.78, 5) is 15.3. The molecule has 0 fully saturated rings. The second-order valence-electron chi connectivity index (χ2n) is 6.83. The fraction of sp³-hybridized carbons (Fsp3) is 0.0435. The Labute approximate surface area is 194 Å². The summed E-state index contributed by atoms with van der Waals surface area (Å²) in [6.07, 6.45) is 1.28. The molecular formula is C23H17ClN2O4S2. The van der Waals surface area contributed by atoms with Crippen LogP contribution in [0.1, 0.15) is 20.8 Å². The first-order valence-electron chi connectivity index (χ1n) is 9.45. The van der Waals surface area contributed by atoms with Crippen molar-refractivity contribution < 1.29 is 17.9 Å². The van der Waals surface area contributed by atoms with Crippen molar-refractivity contribution in [1.29, 1.82) is 0 Å². The predicted octanol–water partition coefficient (Wildman–Crippen LogP) is 5.39. The third-order valence-corrected chi connectivity index (χ3v) is 7.44. The highest BCUT2D eigenvalue weighted by molar-refractivity contribution is 7.89. The number of nitrogens with zero attached hydrogens (tertiary/aromatic N) is 1. The van der Waals surface area contributed by atoms with Crippen LogP contribution in [-0.2, 0) is 10.0 Å². The number of carbonyl (C=O) groups is 1. The molecule has 0 atom stereocenters. The number of sulfonamides is 1. The zero-order valence-electron chi connectivity index (χ0n) is 16.8. The maximum Gasteiger partial charge on any atom is 0.355 e. The van der Waals surface area contributed by atoms with Crippen LogP contribution in [-0.4, -0.2) is 20.6 Å². The minimum absolute atomic E-state index is 0.0966. The van der Waals surface area contributed by atoms with Gasteiger partial charge >= 0.3 is 5.97 Å². The van der Waals surface area contributed by atoms with Crippen molar-refractivity contribution in [3.05, 3.63) is 93.8 Å². The Bertz CT molecular complexity index is 1430. The van der Waals surface area contributed by atoms with Gasteiger partial charge in [0.25, 0.3) is 10.0 Å². The molecule has 0 saturated carbocycles. The Kier molecular flexibility index (Phi) is 6.27. The van der Waals surface area contributed by atoms with Crippen LogP contribution in [0.2, 0.25) is 5.02 Å². The van der Waals surface area contributed by atoms with Crippen molar-refractivity contribution in [2.45, 2.75) is 11.8 Å². The van der Waals surface area contributed by atoms with Crippen molar-refractivity contribution in [1.82, 2.24) is 4.83 Å². The second-order valence-corrected chi connectivity index (χ2v) is 9.93. The summed E-state index contributed by atoms with van der Waals surface area (Å²) in [5.41, 5.74) is 1.37. The molecule has 0 amide bonds. The molecular weight excluding hydrogens is 468 g/mol. The Morgan fingerprint density at radius 3 is 2.47 bits per heavy atom. The van der Waals surface area contributed by atoms with Crippen LogP contribution in [0.25, 0.3) is 10.1 Å². The topological polar surface area (TPSA) is 84.8 Å². The summed E-state index contributed by atoms with van der Waals surface area (Å²) in [6.45, 7) is 1.87. The van der Waals surface area contributed by atoms with Gasteiger partial charge in [0.05, 0.1) is 16.1 Å². The molecule has 3 aromatic carbocycles. The molecule has 0 bridgehead atoms. The van der Waals surface area contributed by atoms with Gasteiger partial charge in [0.15, 0.2) is 0 Å². The highest BCUT2D eigenvalue weighted by Gasteiger charge is 2.20. The number of fused-ring (bicyclic) bond motifs is 1. The summed E-state index contributed by atoms with van der Waals surface area (Å²) in [5.74, 6) is -0.374. The van der Waals surface area contributed by atoms with E-state index in [0.29, 0.717) is 15.5 Å². The predicted molar refractivity (Wildman–Crippen MR) is 127 cm³/mol. The fourth-order valence-electron chi connectivity index (χ4n) is 2.91. The van der Waals surface area contributed by atoms with Crippen LogP contribution in [0.15, 0.2) is 82.8 Å². The van der Waals surface area contributed by atoms with Gasteiger partial charge in [-0.05, 0) is 37.3 Å². The molecule has 4 aromatic rings. The van der Waals surface area contributed by atoms with Crippen LogP contribution >= 0.6 is 22.9 Å². The lowest BCUT2D eigenvalue weighted by molar-refractivity contribution is 0.0740. The Hall–Kier alpha value is -3.20. The van der Waals surface area contributed by atoms with E-state index in [0.717, 1.165) is 15.6 Å². The van der Waals surface area contributed by atoms with Crippen molar-refractivity contribution in [2.75, 3.05) is 0 Å². The summed E-state index contributed by atoms with van der Waals surface area (Å²) in [7, 11) is -3.82. The van der Waals surface area contributed by atoms with Gasteiger partial charge in [-0.2, -0.15) is 13.5 Å². The van der Waals surface area contributed by atoms with Gasteiger partial charge in [0.2, 0.25) is 0 Å². The summed E-state index contributed by atoms with van der Waals surface area (Å²) < 4.78 is 31.2. The number of esters is 1. The van der Waals surface area contributed by atoms with E-state index < -0.39 is 16.0 Å². The summed E-state index contributed by atoms with van der Waals surface area (Å²) >= 11 is 7.61. The molecule has 0 aliphatic heterocycles. The number of hydrogen-bond acceptors (Lipinski definition) is 6. The molecule has 4 rings (SSSR count). The maximum absolute atomic E-state index is 12.8. The van der Waals surface area contributed by atoms with Crippen LogP contribution in [0, 0.1) is 6.92 Å². The van der Waals surface area contributed by atoms with Crippen LogP contribution in [0.3, 0.4) is 0 Å². The quantitative estimate of drug-likeness (QED) is 0.172. The van der Waals surface area contributed by atoms with E-state index in [4.69, 9.17) is 16.3 Å². The SMILES string of the molecule is Cc1ccc(S(=O)(=O)N/N=C\c2ccccc2OC(=O)c2sc3ccccc3c2Cl)cc1. The van der Waals surface area contributed by atoms with Gasteiger partial charge in [0.1, 0.15) is 10.6 Å². The first kappa shape index (κ1) is 22.0. The molecule has 32 heavy (non-hydrogen) atoms. The van der Waals surface area contributed by atoms with Crippen molar-refractivity contribution in [2.24, 2.45) is 5.10 Å². The van der Waals surface area contributed by atoms with Crippen molar-refractivity contribution in [3.8, 4) is 5.75 Å². The molecule has 1 aromatic heterocycles. The first-order chi connectivity index (χ1) is 15.3. The Morgan fingerprint density at radius 2 is 1.72 bits per heavy atom. The molecule has 162 valence electrons. The average Bonchev–Trinajstić information content (AvgIpc) is 3.12. The van der Waals surface area contributed by atoms with E-state index in [9.17, 15) is 13.2 Å². The van der Waals surface area contributed by atoms with E-state index in [1.807, 2.05) is 31.2 Å². The van der Waals surface area contributed by atoms with Gasteiger partial charge in [-0.15, -0.1) is 11.3 Å². The first-order valence-corrected chi connectivity index (χ1v) is 12.1. The lowest BCUT2D eigenvalue weighted by atomic mass is 10.2. The highest BCUT2D eigenvalue weighted by atomic mass is 35.5. The van der Waals surface area contributed by atoms with Gasteiger partial charge in [0, 0.05) is 15.6 Å². The number of nitrogens with one attached hydrogen (secondary N) is 1. The number of halogens is 1. The van der Waals surface area contributed by atoms with Crippen LogP contribution in [0.4, 0.5) is 0 Å². The molecule has 0 aliphatic carbocycles. The van der Waals surface area contributed by atoms with Crippen LogP contribution < -0.4 is 9.57 Å². The number of para-hydroxylation sites is 1. The number of aryl methyl sites for hydroxylation is 1. The number of hydrazone groups is 1. The van der Waals surface area contributed by atoms with Crippen molar-refractivity contribution in [3.63, 3.8) is 0 Å². The number of hydrogen-bond donors (Lipinski definition) is 1. The third-order valence-electron chi connectivity index (χ3n) is 4.55. The number of thiophene rings is 1. The minimum Gasteiger partial charge on any atom is -0.422 e. The van der Waals surface area contributed by atoms with Gasteiger partial charge in [-0.3, -0.25) is 0 Å². The average molecular weight is 485 g/mol. The third kappa shape index (κ3) is 4.67. The number of ether oxygens (including phenoxy) is 1. The lowest BCUT2D eigenvalue weighted by Crippen LogP contribution is -2.18. The summed E-state index contributed by atoms with van der Waals surface area (Å²) in [6, 6.07) is 20.5. The van der Waals surface area contributed by atoms with E-state index in [1.54, 1.807) is 36.4 Å². The zero-order chi connectivity index (χ0) is 22.7. The van der Waals surface area contributed by atoms with E-state index >= 15 is 0 Å². The molecule has 9 heteroatoms. The van der Waals surface area contributed by atoms with Crippen molar-refractivity contribution >= 4 is 55.2 Å². The van der Waals surface area contributed by atoms with Gasteiger partial charge in [-0.25, -0.2) is 9.63 Å². The lowest BCUT2D eigenvalue weighted by Gasteiger charge is -2.07. The molecule has 0 radical (unpaired) electrons. The normalized spacial score (nSPS) is 11.7. The largest absolute Gasteiger partial charge is 0.422 e. The number of carbonyl (C=O) groups excluding carboxylic acids is 1. The molecule has 1 heterocycles. The Morgan fingerprint density at radius 1 is 1.03 bits per heavy atom. The Balaban J connectivity index is 1.53. The molecule has 1 N–H and O–H groups in total. The molecule has 6 nitrogen and oxygen atoms in total.